The highest BCUT2D eigenvalue weighted by Gasteiger charge is 2.30. The zero-order valence-electron chi connectivity index (χ0n) is 15.9. The summed E-state index contributed by atoms with van der Waals surface area (Å²) in [5.41, 5.74) is 3.25. The predicted molar refractivity (Wildman–Crippen MR) is 95.8 cm³/mol. The first kappa shape index (κ1) is 19.0. The quantitative estimate of drug-likeness (QED) is 0.829. The molecule has 5 heteroatoms. The van der Waals surface area contributed by atoms with Gasteiger partial charge in [0.15, 0.2) is 0 Å². The van der Waals surface area contributed by atoms with Crippen molar-refractivity contribution in [2.24, 2.45) is 5.92 Å². The summed E-state index contributed by atoms with van der Waals surface area (Å²) < 4.78 is 7.35. The lowest BCUT2D eigenvalue weighted by Gasteiger charge is -2.35. The average Bonchev–Trinajstić information content (AvgIpc) is 2.80. The van der Waals surface area contributed by atoms with Gasteiger partial charge in [-0.15, -0.1) is 0 Å². The average molecular weight is 335 g/mol. The van der Waals surface area contributed by atoms with Crippen LogP contribution in [0.25, 0.3) is 0 Å². The lowest BCUT2D eigenvalue weighted by molar-refractivity contribution is -0.126. The van der Waals surface area contributed by atoms with Gasteiger partial charge in [-0.3, -0.25) is 4.79 Å². The fourth-order valence-corrected chi connectivity index (χ4v) is 3.61. The Kier molecular flexibility index (Phi) is 6.44. The van der Waals surface area contributed by atoms with Gasteiger partial charge in [-0.25, -0.2) is 4.68 Å². The monoisotopic (exact) mass is 335 g/mol. The summed E-state index contributed by atoms with van der Waals surface area (Å²) in [6.07, 6.45) is 6.64. The van der Waals surface area contributed by atoms with Crippen molar-refractivity contribution >= 4 is 5.91 Å². The van der Waals surface area contributed by atoms with Crippen LogP contribution in [-0.2, 0) is 22.7 Å². The molecule has 1 fully saturated rings. The maximum Gasteiger partial charge on any atom is 0.223 e. The second-order valence-electron chi connectivity index (χ2n) is 7.49. The summed E-state index contributed by atoms with van der Waals surface area (Å²) in [6.45, 7) is 11.4. The minimum atomic E-state index is -0.0501. The van der Waals surface area contributed by atoms with Crippen LogP contribution < -0.4 is 5.32 Å². The van der Waals surface area contributed by atoms with Crippen LogP contribution in [0.2, 0.25) is 0 Å². The topological polar surface area (TPSA) is 56.2 Å². The van der Waals surface area contributed by atoms with Crippen molar-refractivity contribution in [2.75, 3.05) is 6.61 Å². The third-order valence-corrected chi connectivity index (χ3v) is 5.29. The van der Waals surface area contributed by atoms with E-state index in [0.29, 0.717) is 13.3 Å². The van der Waals surface area contributed by atoms with Crippen molar-refractivity contribution in [3.63, 3.8) is 0 Å². The molecule has 0 radical (unpaired) electrons. The Labute approximate surface area is 146 Å². The van der Waals surface area contributed by atoms with Crippen molar-refractivity contribution in [3.05, 3.63) is 17.0 Å². The zero-order chi connectivity index (χ0) is 17.7. The van der Waals surface area contributed by atoms with Gasteiger partial charge < -0.3 is 10.1 Å². The molecule has 1 unspecified atom stereocenters. The lowest BCUT2D eigenvalue weighted by Crippen LogP contribution is -2.49. The number of aromatic nitrogens is 2. The van der Waals surface area contributed by atoms with E-state index in [0.717, 1.165) is 30.7 Å². The lowest BCUT2D eigenvalue weighted by atomic mass is 9.83. The number of carbonyl (C=O) groups is 1. The Balaban J connectivity index is 1.99. The molecule has 2 rings (SSSR count). The van der Waals surface area contributed by atoms with Gasteiger partial charge in [0.25, 0.3) is 0 Å². The van der Waals surface area contributed by atoms with Gasteiger partial charge in [-0.05, 0) is 52.5 Å². The second kappa shape index (κ2) is 8.15. The van der Waals surface area contributed by atoms with Gasteiger partial charge in [-0.1, -0.05) is 26.2 Å². The third kappa shape index (κ3) is 4.59. The minimum absolute atomic E-state index is 0.0210. The van der Waals surface area contributed by atoms with Crippen LogP contribution in [0.4, 0.5) is 0 Å². The van der Waals surface area contributed by atoms with Gasteiger partial charge in [-0.2, -0.15) is 5.10 Å². The number of carbonyl (C=O) groups excluding carboxylic acids is 1. The molecular weight excluding hydrogens is 302 g/mol. The van der Waals surface area contributed by atoms with E-state index in [4.69, 9.17) is 4.74 Å². The maximum atomic E-state index is 12.7. The van der Waals surface area contributed by atoms with E-state index < -0.39 is 0 Å². The van der Waals surface area contributed by atoms with E-state index >= 15 is 0 Å². The van der Waals surface area contributed by atoms with Crippen LogP contribution >= 0.6 is 0 Å². The molecule has 0 spiro atoms. The largest absolute Gasteiger partial charge is 0.360 e. The molecule has 1 aromatic heterocycles. The number of hydrogen-bond donors (Lipinski definition) is 1. The van der Waals surface area contributed by atoms with E-state index in [2.05, 4.69) is 24.3 Å². The van der Waals surface area contributed by atoms with Crippen LogP contribution in [0.1, 0.15) is 69.8 Å². The van der Waals surface area contributed by atoms with E-state index in [1.165, 1.54) is 24.8 Å². The zero-order valence-corrected chi connectivity index (χ0v) is 15.9. The van der Waals surface area contributed by atoms with Crippen molar-refractivity contribution in [1.82, 2.24) is 15.1 Å². The SMILES string of the molecule is CCOCn1nc(C)c(CC(C)C(=O)NC2(C)CCCCC2)c1C. The van der Waals surface area contributed by atoms with Crippen molar-refractivity contribution in [1.29, 1.82) is 0 Å². The van der Waals surface area contributed by atoms with Crippen LogP contribution in [0.3, 0.4) is 0 Å². The molecule has 1 atom stereocenters. The van der Waals surface area contributed by atoms with Gasteiger partial charge in [0.1, 0.15) is 6.73 Å². The first-order chi connectivity index (χ1) is 11.4. The highest BCUT2D eigenvalue weighted by molar-refractivity contribution is 5.79. The van der Waals surface area contributed by atoms with E-state index in [-0.39, 0.29) is 17.4 Å². The molecule has 5 nitrogen and oxygen atoms in total. The molecule has 1 heterocycles. The Morgan fingerprint density at radius 1 is 1.33 bits per heavy atom. The summed E-state index contributed by atoms with van der Waals surface area (Å²) in [7, 11) is 0. The van der Waals surface area contributed by atoms with Gasteiger partial charge in [0.05, 0.1) is 5.69 Å². The fourth-order valence-electron chi connectivity index (χ4n) is 3.61. The first-order valence-electron chi connectivity index (χ1n) is 9.29. The molecular formula is C19H33N3O2. The normalized spacial score (nSPS) is 18.4. The van der Waals surface area contributed by atoms with E-state index in [1.54, 1.807) is 0 Å². The smallest absolute Gasteiger partial charge is 0.223 e. The molecule has 1 aromatic rings. The molecule has 1 aliphatic rings. The standard InChI is InChI=1S/C19H33N3O2/c1-6-24-13-22-16(4)17(15(3)21-22)12-14(2)18(23)20-19(5)10-8-7-9-11-19/h14H,6-13H2,1-5H3,(H,20,23). The maximum absolute atomic E-state index is 12.7. The highest BCUT2D eigenvalue weighted by atomic mass is 16.5. The second-order valence-corrected chi connectivity index (χ2v) is 7.49. The number of aryl methyl sites for hydroxylation is 1. The van der Waals surface area contributed by atoms with E-state index in [9.17, 15) is 4.79 Å². The number of nitrogens with zero attached hydrogens (tertiary/aromatic N) is 2. The first-order valence-corrected chi connectivity index (χ1v) is 9.29. The number of nitrogens with one attached hydrogen (secondary N) is 1. The van der Waals surface area contributed by atoms with E-state index in [1.807, 2.05) is 25.5 Å². The minimum Gasteiger partial charge on any atom is -0.360 e. The van der Waals surface area contributed by atoms with Gasteiger partial charge in [0.2, 0.25) is 5.91 Å². The summed E-state index contributed by atoms with van der Waals surface area (Å²) in [4.78, 5) is 12.7. The molecule has 1 amide bonds. The van der Waals surface area contributed by atoms with Gasteiger partial charge >= 0.3 is 0 Å². The third-order valence-electron chi connectivity index (χ3n) is 5.29. The Bertz CT molecular complexity index is 559. The molecule has 0 bridgehead atoms. The summed E-state index contributed by atoms with van der Waals surface area (Å²) in [6, 6.07) is 0. The van der Waals surface area contributed by atoms with Crippen LogP contribution in [0, 0.1) is 19.8 Å². The summed E-state index contributed by atoms with van der Waals surface area (Å²) in [5.74, 6) is 0.113. The molecule has 0 aliphatic heterocycles. The Morgan fingerprint density at radius 3 is 2.62 bits per heavy atom. The van der Waals surface area contributed by atoms with Crippen molar-refractivity contribution < 1.29 is 9.53 Å². The van der Waals surface area contributed by atoms with Gasteiger partial charge in [0, 0.05) is 23.8 Å². The molecule has 1 aliphatic carbocycles. The van der Waals surface area contributed by atoms with Crippen molar-refractivity contribution in [3.8, 4) is 0 Å². The van der Waals surface area contributed by atoms with Crippen molar-refractivity contribution in [2.45, 2.75) is 85.4 Å². The number of rotatable bonds is 7. The molecule has 0 saturated heterocycles. The van der Waals surface area contributed by atoms with Crippen LogP contribution in [0.15, 0.2) is 0 Å². The Hall–Kier alpha value is -1.36. The molecule has 0 aromatic carbocycles. The number of ether oxygens (including phenoxy) is 1. The summed E-state index contributed by atoms with van der Waals surface area (Å²) >= 11 is 0. The molecule has 24 heavy (non-hydrogen) atoms. The fraction of sp³-hybridized carbons (Fsp3) is 0.789. The number of hydrogen-bond acceptors (Lipinski definition) is 3. The summed E-state index contributed by atoms with van der Waals surface area (Å²) in [5, 5.41) is 7.85. The van der Waals surface area contributed by atoms with Crippen LogP contribution in [0.5, 0.6) is 0 Å². The Morgan fingerprint density at radius 2 is 2.00 bits per heavy atom. The predicted octanol–water partition coefficient (Wildman–Crippen LogP) is 3.51. The molecule has 1 N–H and O–H groups in total. The van der Waals surface area contributed by atoms with Crippen LogP contribution in [-0.4, -0.2) is 27.8 Å². The number of amides is 1. The molecule has 136 valence electrons. The molecule has 1 saturated carbocycles. The highest BCUT2D eigenvalue weighted by Crippen LogP contribution is 2.28.